The van der Waals surface area contributed by atoms with Crippen LogP contribution in [-0.4, -0.2) is 41.2 Å². The highest BCUT2D eigenvalue weighted by Crippen LogP contribution is 2.25. The Kier molecular flexibility index (Phi) is 7.16. The Balaban J connectivity index is 1.32. The highest BCUT2D eigenvalue weighted by molar-refractivity contribution is 6.42. The van der Waals surface area contributed by atoms with E-state index in [1.54, 1.807) is 18.2 Å². The van der Waals surface area contributed by atoms with Gasteiger partial charge in [0.05, 0.1) is 16.7 Å². The zero-order chi connectivity index (χ0) is 24.2. The lowest BCUT2D eigenvalue weighted by atomic mass is 10.0. The van der Waals surface area contributed by atoms with Crippen molar-refractivity contribution in [2.75, 3.05) is 17.3 Å². The molecule has 0 radical (unpaired) electrons. The average molecular weight is 502 g/mol. The van der Waals surface area contributed by atoms with Gasteiger partial charge in [0.15, 0.2) is 0 Å². The van der Waals surface area contributed by atoms with Crippen LogP contribution in [0, 0.1) is 0 Å². The number of nitrogens with one attached hydrogen (secondary N) is 4. The number of hydrogen-bond donors (Lipinski definition) is 4. The second-order valence-electron chi connectivity index (χ2n) is 7.77. The van der Waals surface area contributed by atoms with Crippen molar-refractivity contribution in [3.05, 3.63) is 69.8 Å². The van der Waals surface area contributed by atoms with Crippen molar-refractivity contribution in [2.45, 2.75) is 25.4 Å². The summed E-state index contributed by atoms with van der Waals surface area (Å²) in [5.74, 6) is -2.25. The number of rotatable bonds is 8. The summed E-state index contributed by atoms with van der Waals surface area (Å²) >= 11 is 11.9. The molecule has 0 saturated carbocycles. The van der Waals surface area contributed by atoms with E-state index in [9.17, 15) is 19.2 Å². The highest BCUT2D eigenvalue weighted by Gasteiger charge is 2.42. The van der Waals surface area contributed by atoms with Crippen LogP contribution in [0.25, 0.3) is 0 Å². The second-order valence-corrected chi connectivity index (χ2v) is 8.59. The molecule has 4 amide bonds. The number of amides is 4. The van der Waals surface area contributed by atoms with E-state index in [1.165, 1.54) is 0 Å². The Labute approximate surface area is 205 Å². The van der Waals surface area contributed by atoms with E-state index in [1.807, 2.05) is 24.3 Å². The topological polar surface area (TPSA) is 120 Å². The maximum absolute atomic E-state index is 12.8. The molecule has 0 aliphatic carbocycles. The fraction of sp³-hybridized carbons (Fsp3) is 0.217. The number of halogens is 2. The molecular formula is C23H21Cl2N5O4. The van der Waals surface area contributed by atoms with Gasteiger partial charge in [0.25, 0.3) is 11.8 Å². The van der Waals surface area contributed by atoms with Crippen LogP contribution in [0.5, 0.6) is 0 Å². The molecule has 1 atom stereocenters. The van der Waals surface area contributed by atoms with E-state index in [0.717, 1.165) is 22.2 Å². The van der Waals surface area contributed by atoms with Crippen LogP contribution in [0.2, 0.25) is 10.0 Å². The minimum Gasteiger partial charge on any atom is -0.372 e. The van der Waals surface area contributed by atoms with Gasteiger partial charge in [-0.2, -0.15) is 0 Å². The zero-order valence-corrected chi connectivity index (χ0v) is 19.4. The fourth-order valence-electron chi connectivity index (χ4n) is 3.69. The molecule has 176 valence electrons. The molecule has 11 heteroatoms. The second kappa shape index (κ2) is 10.3. The van der Waals surface area contributed by atoms with Crippen molar-refractivity contribution >= 4 is 58.2 Å². The first-order valence-corrected chi connectivity index (χ1v) is 11.3. The molecule has 2 heterocycles. The van der Waals surface area contributed by atoms with E-state index in [4.69, 9.17) is 23.2 Å². The molecule has 2 aromatic rings. The average Bonchev–Trinajstić information content (AvgIpc) is 3.07. The number of piperidine rings is 1. The number of anilines is 2. The van der Waals surface area contributed by atoms with Gasteiger partial charge in [-0.3, -0.25) is 34.7 Å². The molecule has 1 saturated heterocycles. The minimum absolute atomic E-state index is 0.0705. The number of hydrogen-bond acceptors (Lipinski definition) is 7. The first kappa shape index (κ1) is 23.7. The first-order valence-electron chi connectivity index (χ1n) is 10.5. The van der Waals surface area contributed by atoms with Gasteiger partial charge < -0.3 is 10.6 Å². The maximum Gasteiger partial charge on any atom is 0.278 e. The standard InChI is InChI=1S/C23H21Cl2N5O4/c24-16-5-4-14(9-17(16)25)27-12-26-11-13-2-1-3-15(8-13)28-18-10-21(32)30(23(18)34)19-6-7-20(31)29-22(19)33/h1-5,8-10,19,26-28H,6-7,11-12H2,(H,29,31,33). The maximum atomic E-state index is 12.8. The van der Waals surface area contributed by atoms with Crippen molar-refractivity contribution < 1.29 is 19.2 Å². The summed E-state index contributed by atoms with van der Waals surface area (Å²) in [4.78, 5) is 49.5. The Hall–Kier alpha value is -3.40. The molecule has 1 fully saturated rings. The first-order chi connectivity index (χ1) is 16.3. The predicted molar refractivity (Wildman–Crippen MR) is 128 cm³/mol. The number of carbonyl (C=O) groups is 4. The van der Waals surface area contributed by atoms with E-state index in [-0.39, 0.29) is 18.5 Å². The third-order valence-electron chi connectivity index (χ3n) is 5.35. The van der Waals surface area contributed by atoms with Crippen molar-refractivity contribution in [3.8, 4) is 0 Å². The molecule has 4 N–H and O–H groups in total. The van der Waals surface area contributed by atoms with Crippen LogP contribution in [0.3, 0.4) is 0 Å². The molecule has 4 rings (SSSR count). The van der Waals surface area contributed by atoms with Crippen molar-refractivity contribution in [1.29, 1.82) is 0 Å². The summed E-state index contributed by atoms with van der Waals surface area (Å²) in [6.07, 6.45) is 1.35. The molecule has 2 aliphatic heterocycles. The monoisotopic (exact) mass is 501 g/mol. The molecule has 0 bridgehead atoms. The largest absolute Gasteiger partial charge is 0.372 e. The lowest BCUT2D eigenvalue weighted by Crippen LogP contribution is -2.54. The van der Waals surface area contributed by atoms with Crippen LogP contribution >= 0.6 is 23.2 Å². The molecule has 0 spiro atoms. The normalized spacial score (nSPS) is 18.1. The SMILES string of the molecule is O=C1CCC(N2C(=O)C=C(Nc3cccc(CNCNc4ccc(Cl)c(Cl)c4)c3)C2=O)C(=O)N1. The summed E-state index contributed by atoms with van der Waals surface area (Å²) < 4.78 is 0. The van der Waals surface area contributed by atoms with E-state index < -0.39 is 29.7 Å². The molecule has 0 aromatic heterocycles. The minimum atomic E-state index is -0.994. The molecular weight excluding hydrogens is 481 g/mol. The quantitative estimate of drug-likeness (QED) is 0.249. The van der Waals surface area contributed by atoms with Crippen molar-refractivity contribution in [3.63, 3.8) is 0 Å². The van der Waals surface area contributed by atoms with Gasteiger partial charge in [0.2, 0.25) is 11.8 Å². The summed E-state index contributed by atoms with van der Waals surface area (Å²) in [7, 11) is 0. The number of nitrogens with zero attached hydrogens (tertiary/aromatic N) is 1. The van der Waals surface area contributed by atoms with Crippen LogP contribution in [0.15, 0.2) is 54.2 Å². The fourth-order valence-corrected chi connectivity index (χ4v) is 3.99. The van der Waals surface area contributed by atoms with Crippen LogP contribution < -0.4 is 21.3 Å². The van der Waals surface area contributed by atoms with Gasteiger partial charge >= 0.3 is 0 Å². The summed E-state index contributed by atoms with van der Waals surface area (Å²) in [6, 6.07) is 11.6. The van der Waals surface area contributed by atoms with E-state index >= 15 is 0 Å². The Morgan fingerprint density at radius 3 is 2.59 bits per heavy atom. The van der Waals surface area contributed by atoms with Gasteiger partial charge in [-0.1, -0.05) is 35.3 Å². The molecule has 2 aromatic carbocycles. The third kappa shape index (κ3) is 5.39. The van der Waals surface area contributed by atoms with Crippen LogP contribution in [-0.2, 0) is 25.7 Å². The van der Waals surface area contributed by atoms with Gasteiger partial charge in [0, 0.05) is 30.4 Å². The number of benzene rings is 2. The smallest absolute Gasteiger partial charge is 0.278 e. The molecule has 1 unspecified atom stereocenters. The number of imide groups is 2. The van der Waals surface area contributed by atoms with Gasteiger partial charge in [0.1, 0.15) is 11.7 Å². The Bertz CT molecular complexity index is 1200. The van der Waals surface area contributed by atoms with Gasteiger partial charge in [-0.25, -0.2) is 0 Å². The molecule has 2 aliphatic rings. The third-order valence-corrected chi connectivity index (χ3v) is 6.09. The summed E-state index contributed by atoms with van der Waals surface area (Å²) in [6.45, 7) is 1.02. The zero-order valence-electron chi connectivity index (χ0n) is 17.9. The lowest BCUT2D eigenvalue weighted by molar-refractivity contribution is -0.149. The molecule has 34 heavy (non-hydrogen) atoms. The van der Waals surface area contributed by atoms with Gasteiger partial charge in [-0.15, -0.1) is 0 Å². The Morgan fingerprint density at radius 2 is 1.82 bits per heavy atom. The summed E-state index contributed by atoms with van der Waals surface area (Å²) in [5, 5.41) is 12.5. The number of carbonyl (C=O) groups excluding carboxylic acids is 4. The Morgan fingerprint density at radius 1 is 1.00 bits per heavy atom. The summed E-state index contributed by atoms with van der Waals surface area (Å²) in [5.41, 5.74) is 2.46. The lowest BCUT2D eigenvalue weighted by Gasteiger charge is -2.28. The van der Waals surface area contributed by atoms with E-state index in [2.05, 4.69) is 21.3 Å². The van der Waals surface area contributed by atoms with Crippen molar-refractivity contribution in [1.82, 2.24) is 15.5 Å². The van der Waals surface area contributed by atoms with Crippen LogP contribution in [0.4, 0.5) is 11.4 Å². The van der Waals surface area contributed by atoms with Gasteiger partial charge in [-0.05, 0) is 42.3 Å². The highest BCUT2D eigenvalue weighted by atomic mass is 35.5. The van der Waals surface area contributed by atoms with Crippen LogP contribution in [0.1, 0.15) is 18.4 Å². The predicted octanol–water partition coefficient (Wildman–Crippen LogP) is 2.62. The van der Waals surface area contributed by atoms with Crippen molar-refractivity contribution in [2.24, 2.45) is 0 Å². The van der Waals surface area contributed by atoms with E-state index in [0.29, 0.717) is 28.9 Å². The molecule has 9 nitrogen and oxygen atoms in total.